The van der Waals surface area contributed by atoms with E-state index in [4.69, 9.17) is 9.47 Å². The van der Waals surface area contributed by atoms with Crippen molar-refractivity contribution in [2.24, 2.45) is 0 Å². The third-order valence-corrected chi connectivity index (χ3v) is 6.05. The second kappa shape index (κ2) is 12.0. The van der Waals surface area contributed by atoms with E-state index >= 15 is 0 Å². The Morgan fingerprint density at radius 3 is 2.27 bits per heavy atom. The van der Waals surface area contributed by atoms with Gasteiger partial charge in [-0.25, -0.2) is 9.78 Å². The number of carboxylic acids is 1. The van der Waals surface area contributed by atoms with E-state index < -0.39 is 29.7 Å². The third kappa shape index (κ3) is 7.06. The second-order valence-corrected chi connectivity index (χ2v) is 9.02. The van der Waals surface area contributed by atoms with Crippen LogP contribution in [0.5, 0.6) is 11.5 Å². The van der Waals surface area contributed by atoms with Gasteiger partial charge in [0.25, 0.3) is 5.91 Å². The molecule has 0 aliphatic carbocycles. The molecule has 4 aromatic rings. The number of pyridine rings is 1. The van der Waals surface area contributed by atoms with Crippen molar-refractivity contribution in [3.63, 3.8) is 0 Å². The van der Waals surface area contributed by atoms with Crippen LogP contribution < -0.4 is 10.1 Å². The topological polar surface area (TPSA) is 118 Å². The van der Waals surface area contributed by atoms with Crippen molar-refractivity contribution in [3.05, 3.63) is 101 Å². The van der Waals surface area contributed by atoms with Gasteiger partial charge < -0.3 is 25.0 Å². The number of aromatic nitrogens is 1. The molecule has 4 rings (SSSR count). The number of hydrogen-bond acceptors (Lipinski definition) is 6. The van der Waals surface area contributed by atoms with E-state index in [-0.39, 0.29) is 46.9 Å². The third-order valence-electron chi connectivity index (χ3n) is 6.05. The Bertz CT molecular complexity index is 1510. The number of methoxy groups -OCH3 is 1. The van der Waals surface area contributed by atoms with E-state index in [0.717, 1.165) is 17.7 Å². The van der Waals surface area contributed by atoms with Gasteiger partial charge in [0.2, 0.25) is 0 Å². The molecular weight excluding hydrogens is 529 g/mol. The molecule has 1 heterocycles. The molecule has 0 aliphatic rings. The highest BCUT2D eigenvalue weighted by atomic mass is 19.4. The number of carboxylic acid groups (broad SMARTS) is 1. The first-order valence-corrected chi connectivity index (χ1v) is 12.1. The van der Waals surface area contributed by atoms with Crippen molar-refractivity contribution >= 4 is 22.8 Å². The zero-order chi connectivity index (χ0) is 28.9. The SMILES string of the molecule is COC[C@H](Cc1ccc(O)cc1)NC(=O)c1cc(C(=O)O)c2cc(OCc3ccc(C(F)(F)F)cc3)ccc2n1. The summed E-state index contributed by atoms with van der Waals surface area (Å²) in [6, 6.07) is 16.2. The largest absolute Gasteiger partial charge is 0.508 e. The summed E-state index contributed by atoms with van der Waals surface area (Å²) in [5.74, 6) is -1.47. The number of alkyl halides is 3. The predicted molar refractivity (Wildman–Crippen MR) is 139 cm³/mol. The summed E-state index contributed by atoms with van der Waals surface area (Å²) < 4.78 is 49.2. The Morgan fingerprint density at radius 2 is 1.65 bits per heavy atom. The molecule has 0 bridgehead atoms. The number of carbonyl (C=O) groups is 2. The van der Waals surface area contributed by atoms with Crippen molar-refractivity contribution < 1.29 is 42.4 Å². The van der Waals surface area contributed by atoms with Crippen LogP contribution in [0, 0.1) is 0 Å². The number of aromatic carboxylic acids is 1. The molecule has 1 amide bonds. The van der Waals surface area contributed by atoms with Gasteiger partial charge in [0, 0.05) is 12.5 Å². The van der Waals surface area contributed by atoms with Crippen LogP contribution in [0.15, 0.2) is 72.8 Å². The summed E-state index contributed by atoms with van der Waals surface area (Å²) in [6.07, 6.45) is -4.04. The highest BCUT2D eigenvalue weighted by Crippen LogP contribution is 2.29. The number of phenolic OH excluding ortho intramolecular Hbond substituents is 1. The molecule has 40 heavy (non-hydrogen) atoms. The van der Waals surface area contributed by atoms with E-state index in [1.807, 2.05) is 0 Å². The Hall–Kier alpha value is -4.64. The van der Waals surface area contributed by atoms with Crippen LogP contribution in [0.25, 0.3) is 10.9 Å². The lowest BCUT2D eigenvalue weighted by Gasteiger charge is -2.18. The lowest BCUT2D eigenvalue weighted by Crippen LogP contribution is -2.40. The molecule has 0 spiro atoms. The van der Waals surface area contributed by atoms with E-state index in [9.17, 15) is 33.0 Å². The number of halogens is 3. The Labute approximate surface area is 227 Å². The number of rotatable bonds is 10. The maximum Gasteiger partial charge on any atom is 0.416 e. The number of nitrogens with zero attached hydrogens (tertiary/aromatic N) is 1. The van der Waals surface area contributed by atoms with Crippen molar-refractivity contribution in [3.8, 4) is 11.5 Å². The van der Waals surface area contributed by atoms with Gasteiger partial charge in [-0.15, -0.1) is 0 Å². The van der Waals surface area contributed by atoms with Crippen LogP contribution in [0.2, 0.25) is 0 Å². The van der Waals surface area contributed by atoms with Gasteiger partial charge in [-0.3, -0.25) is 4.79 Å². The van der Waals surface area contributed by atoms with Crippen molar-refractivity contribution in [1.29, 1.82) is 0 Å². The number of hydrogen-bond donors (Lipinski definition) is 3. The van der Waals surface area contributed by atoms with Crippen LogP contribution in [0.1, 0.15) is 37.5 Å². The minimum Gasteiger partial charge on any atom is -0.508 e. The molecule has 0 saturated heterocycles. The maximum atomic E-state index is 13.0. The smallest absolute Gasteiger partial charge is 0.416 e. The first-order valence-electron chi connectivity index (χ1n) is 12.1. The Kier molecular flexibility index (Phi) is 8.54. The minimum absolute atomic E-state index is 0.0398. The van der Waals surface area contributed by atoms with Gasteiger partial charge >= 0.3 is 12.1 Å². The molecule has 1 aromatic heterocycles. The van der Waals surface area contributed by atoms with Crippen molar-refractivity contribution in [1.82, 2.24) is 10.3 Å². The zero-order valence-electron chi connectivity index (χ0n) is 21.2. The van der Waals surface area contributed by atoms with Gasteiger partial charge in [0.1, 0.15) is 23.8 Å². The first kappa shape index (κ1) is 28.4. The summed E-state index contributed by atoms with van der Waals surface area (Å²) in [5.41, 5.74) is 0.546. The normalized spacial score (nSPS) is 12.2. The molecule has 0 fully saturated rings. The summed E-state index contributed by atoms with van der Waals surface area (Å²) in [4.78, 5) is 29.4. The number of phenols is 1. The number of aromatic hydroxyl groups is 1. The maximum absolute atomic E-state index is 13.0. The van der Waals surface area contributed by atoms with Crippen molar-refractivity contribution in [2.45, 2.75) is 25.2 Å². The molecule has 208 valence electrons. The average molecular weight is 555 g/mol. The minimum atomic E-state index is -4.44. The molecule has 0 unspecified atom stereocenters. The molecule has 8 nitrogen and oxygen atoms in total. The number of amides is 1. The fraction of sp³-hybridized carbons (Fsp3) is 0.207. The van der Waals surface area contributed by atoms with E-state index in [0.29, 0.717) is 12.0 Å². The van der Waals surface area contributed by atoms with Crippen molar-refractivity contribution in [2.75, 3.05) is 13.7 Å². The summed E-state index contributed by atoms with van der Waals surface area (Å²) >= 11 is 0. The number of fused-ring (bicyclic) bond motifs is 1. The molecule has 0 aliphatic heterocycles. The summed E-state index contributed by atoms with van der Waals surface area (Å²) in [6.45, 7) is 0.146. The quantitative estimate of drug-likeness (QED) is 0.246. The molecule has 1 atom stereocenters. The lowest BCUT2D eigenvalue weighted by molar-refractivity contribution is -0.137. The molecule has 3 N–H and O–H groups in total. The lowest BCUT2D eigenvalue weighted by atomic mass is 10.0. The fourth-order valence-corrected chi connectivity index (χ4v) is 4.07. The van der Waals surface area contributed by atoms with E-state index in [1.54, 1.807) is 12.1 Å². The Balaban J connectivity index is 1.52. The number of carbonyl (C=O) groups excluding carboxylic acids is 1. The van der Waals surface area contributed by atoms with Gasteiger partial charge in [0.15, 0.2) is 0 Å². The monoisotopic (exact) mass is 554 g/mol. The van der Waals surface area contributed by atoms with E-state index in [1.165, 1.54) is 55.6 Å². The molecule has 0 radical (unpaired) electrons. The molecule has 3 aromatic carbocycles. The fourth-order valence-electron chi connectivity index (χ4n) is 4.07. The van der Waals surface area contributed by atoms with E-state index in [2.05, 4.69) is 10.3 Å². The van der Waals surface area contributed by atoms with Gasteiger partial charge in [0.05, 0.1) is 29.3 Å². The second-order valence-electron chi connectivity index (χ2n) is 9.02. The highest BCUT2D eigenvalue weighted by Gasteiger charge is 2.30. The number of benzene rings is 3. The number of ether oxygens (including phenoxy) is 2. The summed E-state index contributed by atoms with van der Waals surface area (Å²) in [5, 5.41) is 22.4. The zero-order valence-corrected chi connectivity index (χ0v) is 21.2. The molecular formula is C29H25F3N2O6. The van der Waals surface area contributed by atoms with Crippen LogP contribution >= 0.6 is 0 Å². The van der Waals surface area contributed by atoms with Crippen LogP contribution in [-0.2, 0) is 23.9 Å². The molecule has 0 saturated carbocycles. The number of nitrogens with one attached hydrogen (secondary N) is 1. The van der Waals surface area contributed by atoms with Crippen LogP contribution in [0.4, 0.5) is 13.2 Å². The molecule has 11 heteroatoms. The van der Waals surface area contributed by atoms with Gasteiger partial charge in [-0.05, 0) is 66.1 Å². The van der Waals surface area contributed by atoms with Crippen LogP contribution in [0.3, 0.4) is 0 Å². The Morgan fingerprint density at radius 1 is 0.975 bits per heavy atom. The van der Waals surface area contributed by atoms with Gasteiger partial charge in [-0.2, -0.15) is 13.2 Å². The van der Waals surface area contributed by atoms with Gasteiger partial charge in [-0.1, -0.05) is 24.3 Å². The average Bonchev–Trinajstić information content (AvgIpc) is 2.92. The highest BCUT2D eigenvalue weighted by molar-refractivity contribution is 6.06. The summed E-state index contributed by atoms with van der Waals surface area (Å²) in [7, 11) is 1.49. The predicted octanol–water partition coefficient (Wildman–Crippen LogP) is 5.22. The standard InChI is InChI=1S/C29H25F3N2O6/c1-39-16-20(12-17-4-8-21(35)9-5-17)33-27(36)26-14-24(28(37)38)23-13-22(10-11-25(23)34-26)40-15-18-2-6-19(7-3-18)29(30,31)32/h2-11,13-14,20,35H,12,15-16H2,1H3,(H,33,36)(H,37,38)/t20-/m0/s1. The van der Waals surface area contributed by atoms with Crippen LogP contribution in [-0.4, -0.2) is 46.8 Å². The first-order chi connectivity index (χ1) is 19.0.